The van der Waals surface area contributed by atoms with Gasteiger partial charge < -0.3 is 5.73 Å². The molecule has 1 unspecified atom stereocenters. The van der Waals surface area contributed by atoms with Gasteiger partial charge in [-0.05, 0) is 24.1 Å². The minimum atomic E-state index is -1.02. The highest BCUT2D eigenvalue weighted by atomic mass is 19.1. The molecule has 0 bridgehead atoms. The molecule has 0 radical (unpaired) electrons. The van der Waals surface area contributed by atoms with E-state index in [1.54, 1.807) is 0 Å². The molecule has 19 heavy (non-hydrogen) atoms. The van der Waals surface area contributed by atoms with Crippen LogP contribution in [0.2, 0.25) is 0 Å². The molecular formula is C14H11F4N. The first-order valence-electron chi connectivity index (χ1n) is 5.62. The second kappa shape index (κ2) is 5.40. The normalized spacial score (nSPS) is 12.5. The summed E-state index contributed by atoms with van der Waals surface area (Å²) in [5.41, 5.74) is 5.99. The zero-order chi connectivity index (χ0) is 14.0. The third kappa shape index (κ3) is 3.12. The number of hydrogen-bond acceptors (Lipinski definition) is 1. The van der Waals surface area contributed by atoms with Gasteiger partial charge in [-0.2, -0.15) is 0 Å². The summed E-state index contributed by atoms with van der Waals surface area (Å²) in [6, 6.07) is 5.64. The Labute approximate surface area is 107 Å². The maximum absolute atomic E-state index is 13.5. The van der Waals surface area contributed by atoms with Gasteiger partial charge in [-0.1, -0.05) is 12.1 Å². The molecule has 100 valence electrons. The highest BCUT2D eigenvalue weighted by molar-refractivity contribution is 5.27. The Morgan fingerprint density at radius 1 is 0.842 bits per heavy atom. The molecule has 5 heteroatoms. The number of rotatable bonds is 3. The summed E-state index contributed by atoms with van der Waals surface area (Å²) in [4.78, 5) is 0. The van der Waals surface area contributed by atoms with E-state index in [1.165, 1.54) is 24.3 Å². The fourth-order valence-corrected chi connectivity index (χ4v) is 1.88. The zero-order valence-electron chi connectivity index (χ0n) is 9.84. The number of benzene rings is 2. The highest BCUT2D eigenvalue weighted by Gasteiger charge is 2.18. The molecule has 2 rings (SSSR count). The van der Waals surface area contributed by atoms with Crippen LogP contribution >= 0.6 is 0 Å². The molecule has 0 aliphatic heterocycles. The lowest BCUT2D eigenvalue weighted by Gasteiger charge is -2.14. The SMILES string of the molecule is NC(Cc1ccc(F)cc1)c1c(F)cc(F)cc1F. The van der Waals surface area contributed by atoms with E-state index in [1.807, 2.05) is 0 Å². The summed E-state index contributed by atoms with van der Waals surface area (Å²) >= 11 is 0. The van der Waals surface area contributed by atoms with Crippen LogP contribution in [0.3, 0.4) is 0 Å². The van der Waals surface area contributed by atoms with E-state index >= 15 is 0 Å². The molecule has 1 nitrogen and oxygen atoms in total. The molecule has 2 aromatic carbocycles. The van der Waals surface area contributed by atoms with Crippen LogP contribution in [0.5, 0.6) is 0 Å². The van der Waals surface area contributed by atoms with Crippen molar-refractivity contribution in [1.29, 1.82) is 0 Å². The topological polar surface area (TPSA) is 26.0 Å². The van der Waals surface area contributed by atoms with Gasteiger partial charge in [-0.3, -0.25) is 0 Å². The van der Waals surface area contributed by atoms with Crippen LogP contribution in [0.25, 0.3) is 0 Å². The van der Waals surface area contributed by atoms with E-state index in [-0.39, 0.29) is 12.0 Å². The molecule has 0 aliphatic carbocycles. The minimum absolute atomic E-state index is 0.125. The Balaban J connectivity index is 2.25. The average molecular weight is 269 g/mol. The van der Waals surface area contributed by atoms with Crippen LogP contribution in [-0.2, 0) is 6.42 Å². The van der Waals surface area contributed by atoms with E-state index in [0.29, 0.717) is 17.7 Å². The zero-order valence-corrected chi connectivity index (χ0v) is 9.84. The molecule has 0 aromatic heterocycles. The average Bonchev–Trinajstić information content (AvgIpc) is 2.30. The predicted octanol–water partition coefficient (Wildman–Crippen LogP) is 3.49. The van der Waals surface area contributed by atoms with Crippen LogP contribution in [0, 0.1) is 23.3 Å². The quantitative estimate of drug-likeness (QED) is 0.848. The van der Waals surface area contributed by atoms with Gasteiger partial charge in [0.2, 0.25) is 0 Å². The van der Waals surface area contributed by atoms with Gasteiger partial charge in [0.25, 0.3) is 0 Å². The van der Waals surface area contributed by atoms with Crippen LogP contribution in [0.4, 0.5) is 17.6 Å². The van der Waals surface area contributed by atoms with Gasteiger partial charge in [0.1, 0.15) is 23.3 Å². The first-order chi connectivity index (χ1) is 8.97. The van der Waals surface area contributed by atoms with Gasteiger partial charge in [-0.15, -0.1) is 0 Å². The van der Waals surface area contributed by atoms with Crippen LogP contribution in [0.1, 0.15) is 17.2 Å². The Hall–Kier alpha value is -1.88. The molecular weight excluding hydrogens is 258 g/mol. The van der Waals surface area contributed by atoms with Gasteiger partial charge in [0.05, 0.1) is 0 Å². The van der Waals surface area contributed by atoms with E-state index in [2.05, 4.69) is 0 Å². The Kier molecular flexibility index (Phi) is 3.85. The molecule has 0 aliphatic rings. The van der Waals surface area contributed by atoms with Crippen molar-refractivity contribution in [2.24, 2.45) is 5.73 Å². The smallest absolute Gasteiger partial charge is 0.133 e. The standard InChI is InChI=1S/C14H11F4N/c15-9-3-1-8(2-4-9)5-13(19)14-11(17)6-10(16)7-12(14)18/h1-4,6-7,13H,5,19H2. The maximum atomic E-state index is 13.5. The molecule has 0 saturated carbocycles. The third-order valence-electron chi connectivity index (χ3n) is 2.78. The van der Waals surface area contributed by atoms with Crippen molar-refractivity contribution in [3.63, 3.8) is 0 Å². The van der Waals surface area contributed by atoms with Crippen LogP contribution in [-0.4, -0.2) is 0 Å². The van der Waals surface area contributed by atoms with Crippen LogP contribution in [0.15, 0.2) is 36.4 Å². The third-order valence-corrected chi connectivity index (χ3v) is 2.78. The second-order valence-corrected chi connectivity index (χ2v) is 4.22. The van der Waals surface area contributed by atoms with Crippen molar-refractivity contribution in [3.8, 4) is 0 Å². The second-order valence-electron chi connectivity index (χ2n) is 4.22. The van der Waals surface area contributed by atoms with E-state index in [4.69, 9.17) is 5.73 Å². The van der Waals surface area contributed by atoms with Crippen molar-refractivity contribution in [3.05, 3.63) is 70.8 Å². The maximum Gasteiger partial charge on any atom is 0.133 e. The van der Waals surface area contributed by atoms with Gasteiger partial charge in [-0.25, -0.2) is 17.6 Å². The van der Waals surface area contributed by atoms with E-state index < -0.39 is 29.3 Å². The summed E-state index contributed by atoms with van der Waals surface area (Å²) in [7, 11) is 0. The van der Waals surface area contributed by atoms with Gasteiger partial charge in [0, 0.05) is 23.7 Å². The summed E-state index contributed by atoms with van der Waals surface area (Å²) in [6.07, 6.45) is 0.125. The molecule has 2 aromatic rings. The van der Waals surface area contributed by atoms with Crippen molar-refractivity contribution < 1.29 is 17.6 Å². The highest BCUT2D eigenvalue weighted by Crippen LogP contribution is 2.23. The largest absolute Gasteiger partial charge is 0.323 e. The van der Waals surface area contributed by atoms with Gasteiger partial charge >= 0.3 is 0 Å². The molecule has 0 spiro atoms. The van der Waals surface area contributed by atoms with Crippen molar-refractivity contribution in [2.45, 2.75) is 12.5 Å². The Morgan fingerprint density at radius 2 is 1.37 bits per heavy atom. The Bertz CT molecular complexity index is 557. The lowest BCUT2D eigenvalue weighted by molar-refractivity contribution is 0.501. The summed E-state index contributed by atoms with van der Waals surface area (Å²) in [5, 5.41) is 0. The van der Waals surface area contributed by atoms with Crippen molar-refractivity contribution >= 4 is 0 Å². The van der Waals surface area contributed by atoms with Gasteiger partial charge in [0.15, 0.2) is 0 Å². The van der Waals surface area contributed by atoms with Crippen molar-refractivity contribution in [2.75, 3.05) is 0 Å². The predicted molar refractivity (Wildman–Crippen MR) is 63.3 cm³/mol. The van der Waals surface area contributed by atoms with Crippen LogP contribution < -0.4 is 5.73 Å². The number of nitrogens with two attached hydrogens (primary N) is 1. The molecule has 2 N–H and O–H groups in total. The van der Waals surface area contributed by atoms with E-state index in [9.17, 15) is 17.6 Å². The Morgan fingerprint density at radius 3 is 1.89 bits per heavy atom. The monoisotopic (exact) mass is 269 g/mol. The molecule has 0 heterocycles. The molecule has 1 atom stereocenters. The summed E-state index contributed by atoms with van der Waals surface area (Å²) < 4.78 is 52.5. The number of halogens is 4. The molecule has 0 amide bonds. The summed E-state index contributed by atoms with van der Waals surface area (Å²) in [5.74, 6) is -3.44. The number of hydrogen-bond donors (Lipinski definition) is 1. The minimum Gasteiger partial charge on any atom is -0.323 e. The molecule has 0 fully saturated rings. The fourth-order valence-electron chi connectivity index (χ4n) is 1.88. The van der Waals surface area contributed by atoms with E-state index in [0.717, 1.165) is 0 Å². The lowest BCUT2D eigenvalue weighted by atomic mass is 9.98. The first kappa shape index (κ1) is 13.5. The summed E-state index contributed by atoms with van der Waals surface area (Å²) in [6.45, 7) is 0. The fraction of sp³-hybridized carbons (Fsp3) is 0.143. The lowest BCUT2D eigenvalue weighted by Crippen LogP contribution is -2.17. The van der Waals surface area contributed by atoms with Crippen molar-refractivity contribution in [1.82, 2.24) is 0 Å². The molecule has 0 saturated heterocycles. The first-order valence-corrected chi connectivity index (χ1v) is 5.62.